The van der Waals surface area contributed by atoms with Crippen LogP contribution in [0.3, 0.4) is 0 Å². The van der Waals surface area contributed by atoms with Crippen LogP contribution in [-0.4, -0.2) is 17.7 Å². The van der Waals surface area contributed by atoms with Crippen molar-refractivity contribution in [3.63, 3.8) is 0 Å². The predicted molar refractivity (Wildman–Crippen MR) is 41.8 cm³/mol. The predicted octanol–water partition coefficient (Wildman–Crippen LogP) is 0.478. The highest BCUT2D eigenvalue weighted by atomic mass is 19.1. The van der Waals surface area contributed by atoms with E-state index in [1.54, 1.807) is 11.1 Å². The summed E-state index contributed by atoms with van der Waals surface area (Å²) in [5.41, 5.74) is 0. The van der Waals surface area contributed by atoms with Crippen LogP contribution in [0, 0.1) is 0 Å². The Bertz CT molecular complexity index is 188. The summed E-state index contributed by atoms with van der Waals surface area (Å²) in [7, 11) is 0. The summed E-state index contributed by atoms with van der Waals surface area (Å²) < 4.78 is 12.4. The number of likely N-dealkylation sites (N-methyl/N-ethyl adjacent to an activating group) is 1. The summed E-state index contributed by atoms with van der Waals surface area (Å²) in [5.74, 6) is 5.29. The average molecular weight is 157 g/mol. The Labute approximate surface area is 65.3 Å². The minimum absolute atomic E-state index is 0.0838. The Morgan fingerprint density at radius 2 is 2.55 bits per heavy atom. The first kappa shape index (κ1) is 8.23. The van der Waals surface area contributed by atoms with Crippen molar-refractivity contribution in [3.05, 3.63) is 24.2 Å². The Balaban J connectivity index is 2.48. The molecule has 0 fully saturated rings. The van der Waals surface area contributed by atoms with Gasteiger partial charge in [-0.15, -0.1) is 0 Å². The van der Waals surface area contributed by atoms with Gasteiger partial charge in [0.25, 0.3) is 0 Å². The van der Waals surface area contributed by atoms with Gasteiger partial charge in [-0.1, -0.05) is 6.92 Å². The van der Waals surface area contributed by atoms with Crippen LogP contribution in [0.1, 0.15) is 6.92 Å². The summed E-state index contributed by atoms with van der Waals surface area (Å²) >= 11 is 0. The minimum Gasteiger partial charge on any atom is -0.369 e. The quantitative estimate of drug-likeness (QED) is 0.452. The third-order valence-electron chi connectivity index (χ3n) is 1.55. The highest BCUT2D eigenvalue weighted by molar-refractivity contribution is 5.17. The molecular formula is C7H12FN3. The summed E-state index contributed by atoms with van der Waals surface area (Å²) in [6, 6.07) is 0. The van der Waals surface area contributed by atoms with E-state index in [1.165, 1.54) is 12.3 Å². The van der Waals surface area contributed by atoms with Gasteiger partial charge in [0, 0.05) is 12.7 Å². The number of halogens is 1. The molecule has 1 aliphatic heterocycles. The van der Waals surface area contributed by atoms with Crippen molar-refractivity contribution in [2.75, 3.05) is 6.54 Å². The van der Waals surface area contributed by atoms with Crippen LogP contribution in [-0.2, 0) is 0 Å². The fourth-order valence-corrected chi connectivity index (χ4v) is 0.855. The van der Waals surface area contributed by atoms with Crippen LogP contribution in [0.2, 0.25) is 0 Å². The molecule has 1 rings (SSSR count). The summed E-state index contributed by atoms with van der Waals surface area (Å²) in [6.07, 6.45) is 4.30. The van der Waals surface area contributed by atoms with Crippen LogP contribution in [0.15, 0.2) is 24.2 Å². The number of hydrogen-bond donors (Lipinski definition) is 2. The molecule has 3 nitrogen and oxygen atoms in total. The van der Waals surface area contributed by atoms with Gasteiger partial charge in [-0.3, -0.25) is 5.84 Å². The first-order chi connectivity index (χ1) is 5.24. The second kappa shape index (κ2) is 3.50. The second-order valence-corrected chi connectivity index (χ2v) is 2.33. The van der Waals surface area contributed by atoms with E-state index in [-0.39, 0.29) is 12.0 Å². The van der Waals surface area contributed by atoms with Crippen LogP contribution < -0.4 is 11.2 Å². The molecule has 0 saturated carbocycles. The molecular weight excluding hydrogens is 145 g/mol. The van der Waals surface area contributed by atoms with E-state index >= 15 is 0 Å². The monoisotopic (exact) mass is 157 g/mol. The van der Waals surface area contributed by atoms with Crippen LogP contribution in [0.25, 0.3) is 0 Å². The molecule has 0 aromatic carbocycles. The van der Waals surface area contributed by atoms with E-state index in [2.05, 4.69) is 5.32 Å². The van der Waals surface area contributed by atoms with Gasteiger partial charge in [0.2, 0.25) is 0 Å². The van der Waals surface area contributed by atoms with E-state index in [0.29, 0.717) is 0 Å². The summed E-state index contributed by atoms with van der Waals surface area (Å²) in [6.45, 7) is 2.65. The van der Waals surface area contributed by atoms with Gasteiger partial charge < -0.3 is 5.32 Å². The lowest BCUT2D eigenvalue weighted by Gasteiger charge is -2.25. The molecule has 0 bridgehead atoms. The van der Waals surface area contributed by atoms with Crippen molar-refractivity contribution in [3.8, 4) is 0 Å². The zero-order valence-electron chi connectivity index (χ0n) is 6.42. The standard InChI is InChI=1S/C7H12FN3/c1-2-11(9)7-4-3-6(8)5-10-7/h3-5,7,10H,2,9H2,1H3. The van der Waals surface area contributed by atoms with Crippen molar-refractivity contribution in [2.24, 2.45) is 5.84 Å². The van der Waals surface area contributed by atoms with Gasteiger partial charge >= 0.3 is 0 Å². The molecule has 0 aromatic rings. The lowest BCUT2D eigenvalue weighted by molar-refractivity contribution is 0.227. The van der Waals surface area contributed by atoms with Crippen molar-refractivity contribution >= 4 is 0 Å². The minimum atomic E-state index is -0.272. The van der Waals surface area contributed by atoms with Crippen LogP contribution in [0.4, 0.5) is 4.39 Å². The van der Waals surface area contributed by atoms with Crippen molar-refractivity contribution < 1.29 is 4.39 Å². The number of allylic oxidation sites excluding steroid dienone is 2. The van der Waals surface area contributed by atoms with E-state index < -0.39 is 0 Å². The maximum Gasteiger partial charge on any atom is 0.138 e. The first-order valence-electron chi connectivity index (χ1n) is 3.55. The van der Waals surface area contributed by atoms with Gasteiger partial charge in [0.1, 0.15) is 12.0 Å². The molecule has 62 valence electrons. The molecule has 0 aliphatic carbocycles. The molecule has 0 aromatic heterocycles. The molecule has 0 radical (unpaired) electrons. The molecule has 1 heterocycles. The van der Waals surface area contributed by atoms with E-state index in [1.807, 2.05) is 6.92 Å². The number of rotatable bonds is 2. The normalized spacial score (nSPS) is 23.3. The average Bonchev–Trinajstić information content (AvgIpc) is 2.05. The molecule has 0 saturated heterocycles. The molecule has 4 heteroatoms. The largest absolute Gasteiger partial charge is 0.369 e. The number of dihydropyridines is 1. The summed E-state index contributed by atoms with van der Waals surface area (Å²) in [5, 5.41) is 4.38. The van der Waals surface area contributed by atoms with Gasteiger partial charge in [-0.2, -0.15) is 0 Å². The number of nitrogens with two attached hydrogens (primary N) is 1. The number of hydrazine groups is 1. The molecule has 3 N–H and O–H groups in total. The Hall–Kier alpha value is -0.870. The molecule has 1 aliphatic rings. The smallest absolute Gasteiger partial charge is 0.138 e. The number of nitrogens with zero attached hydrogens (tertiary/aromatic N) is 1. The molecule has 1 unspecified atom stereocenters. The van der Waals surface area contributed by atoms with Crippen LogP contribution in [0.5, 0.6) is 0 Å². The zero-order valence-corrected chi connectivity index (χ0v) is 6.42. The number of hydrogen-bond acceptors (Lipinski definition) is 3. The van der Waals surface area contributed by atoms with E-state index in [9.17, 15) is 4.39 Å². The van der Waals surface area contributed by atoms with Gasteiger partial charge in [0.15, 0.2) is 0 Å². The SMILES string of the molecule is CCN(N)C1C=CC(F)=CN1. The van der Waals surface area contributed by atoms with E-state index in [4.69, 9.17) is 5.84 Å². The van der Waals surface area contributed by atoms with Crippen molar-refractivity contribution in [1.29, 1.82) is 0 Å². The first-order valence-corrected chi connectivity index (χ1v) is 3.55. The Morgan fingerprint density at radius 3 is 3.00 bits per heavy atom. The molecule has 1 atom stereocenters. The Kier molecular flexibility index (Phi) is 2.62. The second-order valence-electron chi connectivity index (χ2n) is 2.33. The molecule has 11 heavy (non-hydrogen) atoms. The topological polar surface area (TPSA) is 41.3 Å². The van der Waals surface area contributed by atoms with E-state index in [0.717, 1.165) is 6.54 Å². The zero-order chi connectivity index (χ0) is 8.27. The lowest BCUT2D eigenvalue weighted by atomic mass is 10.3. The van der Waals surface area contributed by atoms with Gasteiger partial charge in [0.05, 0.1) is 0 Å². The maximum atomic E-state index is 12.4. The highest BCUT2D eigenvalue weighted by Gasteiger charge is 2.10. The fourth-order valence-electron chi connectivity index (χ4n) is 0.855. The number of nitrogens with one attached hydrogen (secondary N) is 1. The van der Waals surface area contributed by atoms with Gasteiger partial charge in [-0.05, 0) is 12.2 Å². The van der Waals surface area contributed by atoms with Crippen LogP contribution >= 0.6 is 0 Å². The highest BCUT2D eigenvalue weighted by Crippen LogP contribution is 2.05. The molecule has 0 amide bonds. The fraction of sp³-hybridized carbons (Fsp3) is 0.429. The third kappa shape index (κ3) is 2.03. The Morgan fingerprint density at radius 1 is 1.82 bits per heavy atom. The lowest BCUT2D eigenvalue weighted by Crippen LogP contribution is -2.47. The maximum absolute atomic E-state index is 12.4. The van der Waals surface area contributed by atoms with Gasteiger partial charge in [-0.25, -0.2) is 9.40 Å². The molecule has 0 spiro atoms. The third-order valence-corrected chi connectivity index (χ3v) is 1.55. The van der Waals surface area contributed by atoms with Crippen molar-refractivity contribution in [1.82, 2.24) is 10.3 Å². The van der Waals surface area contributed by atoms with Crippen molar-refractivity contribution in [2.45, 2.75) is 13.1 Å². The summed E-state index contributed by atoms with van der Waals surface area (Å²) in [4.78, 5) is 0.